The summed E-state index contributed by atoms with van der Waals surface area (Å²) in [4.78, 5) is 38.7. The average Bonchev–Trinajstić information content (AvgIpc) is 3.24. The number of nitrogens with one attached hydrogen (secondary N) is 2. The van der Waals surface area contributed by atoms with Gasteiger partial charge in [0.25, 0.3) is 5.91 Å². The summed E-state index contributed by atoms with van der Waals surface area (Å²) in [5.74, 6) is -1.22. The normalized spacial score (nSPS) is 13.7. The number of esters is 1. The Hall–Kier alpha value is -4.64. The predicted molar refractivity (Wildman–Crippen MR) is 151 cm³/mol. The Labute approximate surface area is 226 Å². The van der Waals surface area contributed by atoms with Crippen LogP contribution in [0, 0.1) is 0 Å². The molecular formula is C28H28N4O6S. The molecule has 11 heteroatoms. The van der Waals surface area contributed by atoms with Gasteiger partial charge in [-0.1, -0.05) is 36.4 Å². The Morgan fingerprint density at radius 3 is 2.21 bits per heavy atom. The second-order valence-electron chi connectivity index (χ2n) is 9.05. The van der Waals surface area contributed by atoms with E-state index in [9.17, 15) is 22.8 Å². The maximum atomic E-state index is 13.2. The Morgan fingerprint density at radius 1 is 0.949 bits per heavy atom. The van der Waals surface area contributed by atoms with Gasteiger partial charge in [-0.15, -0.1) is 0 Å². The Morgan fingerprint density at radius 2 is 1.62 bits per heavy atom. The largest absolute Gasteiger partial charge is 0.465 e. The van der Waals surface area contributed by atoms with Gasteiger partial charge in [-0.3, -0.25) is 13.9 Å². The molecule has 0 atom stereocenters. The van der Waals surface area contributed by atoms with E-state index in [-0.39, 0.29) is 18.4 Å². The first-order chi connectivity index (χ1) is 18.5. The highest BCUT2D eigenvalue weighted by Crippen LogP contribution is 2.38. The first kappa shape index (κ1) is 27.4. The number of carbonyl (C=O) groups is 3. The summed E-state index contributed by atoms with van der Waals surface area (Å²) in [6.45, 7) is -0.331. The van der Waals surface area contributed by atoms with Crippen LogP contribution in [0.4, 0.5) is 17.1 Å². The van der Waals surface area contributed by atoms with Crippen LogP contribution in [-0.2, 0) is 24.3 Å². The SMILES string of the molecule is COC(=O)c1ccc2c(c1)NC(=O)/C2=C(/Nc1ccc(N(CC(=O)N(C)C)S(C)(=O)=O)cc1)c1ccccc1. The van der Waals surface area contributed by atoms with Crippen molar-refractivity contribution in [3.63, 3.8) is 0 Å². The molecule has 1 aliphatic heterocycles. The molecule has 39 heavy (non-hydrogen) atoms. The summed E-state index contributed by atoms with van der Waals surface area (Å²) in [7, 11) is 0.684. The van der Waals surface area contributed by atoms with Gasteiger partial charge in [0.15, 0.2) is 0 Å². The number of nitrogens with zero attached hydrogens (tertiary/aromatic N) is 2. The van der Waals surface area contributed by atoms with E-state index in [1.807, 2.05) is 30.3 Å². The van der Waals surface area contributed by atoms with E-state index < -0.39 is 16.0 Å². The fraction of sp³-hybridized carbons (Fsp3) is 0.179. The number of sulfonamides is 1. The number of fused-ring (bicyclic) bond motifs is 1. The number of benzene rings is 3. The summed E-state index contributed by atoms with van der Waals surface area (Å²) in [5.41, 5.74) is 3.96. The van der Waals surface area contributed by atoms with Crippen molar-refractivity contribution in [2.45, 2.75) is 0 Å². The van der Waals surface area contributed by atoms with Crippen LogP contribution in [0.15, 0.2) is 72.8 Å². The molecule has 0 saturated heterocycles. The number of hydrogen-bond donors (Lipinski definition) is 2. The van der Waals surface area contributed by atoms with E-state index in [0.29, 0.717) is 39.5 Å². The minimum absolute atomic E-state index is 0.311. The number of methoxy groups -OCH3 is 1. The smallest absolute Gasteiger partial charge is 0.337 e. The molecule has 0 saturated carbocycles. The van der Waals surface area contributed by atoms with Gasteiger partial charge < -0.3 is 20.3 Å². The minimum Gasteiger partial charge on any atom is -0.465 e. The molecule has 10 nitrogen and oxygen atoms in total. The molecule has 0 aliphatic carbocycles. The standard InChI is InChI=1S/C28H28N4O6S/c1-31(2)24(33)17-32(39(4,36)37)21-13-11-20(12-14-21)29-26(18-8-6-5-7-9-18)25-22-15-10-19(28(35)38-3)16-23(22)30-27(25)34/h5-16,29H,17H2,1-4H3,(H,30,34)/b26-25+. The molecule has 0 unspecified atom stereocenters. The second-order valence-corrected chi connectivity index (χ2v) is 11.0. The number of likely N-dealkylation sites (N-methyl/N-ethyl adjacent to an activating group) is 1. The molecule has 0 aromatic heterocycles. The number of carbonyl (C=O) groups excluding carboxylic acids is 3. The molecule has 4 rings (SSSR count). The van der Waals surface area contributed by atoms with Crippen molar-refractivity contribution in [3.05, 3.63) is 89.5 Å². The molecule has 0 bridgehead atoms. The van der Waals surface area contributed by atoms with Crippen LogP contribution in [0.5, 0.6) is 0 Å². The van der Waals surface area contributed by atoms with Crippen molar-refractivity contribution >= 4 is 56.1 Å². The van der Waals surface area contributed by atoms with Gasteiger partial charge in [0.1, 0.15) is 6.54 Å². The van der Waals surface area contributed by atoms with Gasteiger partial charge in [-0.2, -0.15) is 0 Å². The molecule has 0 spiro atoms. The molecule has 202 valence electrons. The van der Waals surface area contributed by atoms with E-state index >= 15 is 0 Å². The first-order valence-corrected chi connectivity index (χ1v) is 13.7. The number of ether oxygens (including phenoxy) is 1. The zero-order valence-electron chi connectivity index (χ0n) is 21.9. The minimum atomic E-state index is -3.72. The fourth-order valence-electron chi connectivity index (χ4n) is 4.07. The zero-order chi connectivity index (χ0) is 28.3. The highest BCUT2D eigenvalue weighted by Gasteiger charge is 2.29. The molecule has 1 aliphatic rings. The summed E-state index contributed by atoms with van der Waals surface area (Å²) in [6, 6.07) is 20.6. The van der Waals surface area contributed by atoms with Crippen molar-refractivity contribution in [2.24, 2.45) is 0 Å². The monoisotopic (exact) mass is 548 g/mol. The van der Waals surface area contributed by atoms with E-state index in [1.165, 1.54) is 12.0 Å². The van der Waals surface area contributed by atoms with Crippen molar-refractivity contribution in [1.82, 2.24) is 4.90 Å². The molecule has 3 aromatic rings. The Kier molecular flexibility index (Phi) is 7.73. The number of hydrogen-bond acceptors (Lipinski definition) is 7. The van der Waals surface area contributed by atoms with Crippen LogP contribution in [0.2, 0.25) is 0 Å². The first-order valence-electron chi connectivity index (χ1n) is 11.9. The van der Waals surface area contributed by atoms with Gasteiger partial charge in [0.05, 0.1) is 41.6 Å². The fourth-order valence-corrected chi connectivity index (χ4v) is 4.92. The highest BCUT2D eigenvalue weighted by atomic mass is 32.2. The number of rotatable bonds is 8. The van der Waals surface area contributed by atoms with Crippen molar-refractivity contribution < 1.29 is 27.5 Å². The highest BCUT2D eigenvalue weighted by molar-refractivity contribution is 7.92. The average molecular weight is 549 g/mol. The van der Waals surface area contributed by atoms with Gasteiger partial charge >= 0.3 is 5.97 Å². The van der Waals surface area contributed by atoms with Gasteiger partial charge in [0.2, 0.25) is 15.9 Å². The number of amides is 2. The van der Waals surface area contributed by atoms with E-state index in [4.69, 9.17) is 4.74 Å². The predicted octanol–water partition coefficient (Wildman–Crippen LogP) is 3.26. The van der Waals surface area contributed by atoms with E-state index in [1.54, 1.807) is 56.6 Å². The van der Waals surface area contributed by atoms with Crippen LogP contribution < -0.4 is 14.9 Å². The molecular weight excluding hydrogens is 520 g/mol. The third-order valence-electron chi connectivity index (χ3n) is 6.10. The van der Waals surface area contributed by atoms with Crippen LogP contribution in [0.25, 0.3) is 11.3 Å². The quantitative estimate of drug-likeness (QED) is 0.327. The van der Waals surface area contributed by atoms with E-state index in [0.717, 1.165) is 16.1 Å². The van der Waals surface area contributed by atoms with Crippen molar-refractivity contribution in [2.75, 3.05) is 48.9 Å². The van der Waals surface area contributed by atoms with Crippen LogP contribution >= 0.6 is 0 Å². The molecule has 2 N–H and O–H groups in total. The third kappa shape index (κ3) is 5.93. The molecule has 1 heterocycles. The molecule has 3 aromatic carbocycles. The van der Waals surface area contributed by atoms with E-state index in [2.05, 4.69) is 10.6 Å². The molecule has 0 radical (unpaired) electrons. The summed E-state index contributed by atoms with van der Waals surface area (Å²) < 4.78 is 30.6. The molecule has 2 amide bonds. The lowest BCUT2D eigenvalue weighted by Gasteiger charge is -2.24. The second kappa shape index (κ2) is 11.0. The zero-order valence-corrected chi connectivity index (χ0v) is 22.7. The Bertz CT molecular complexity index is 1570. The summed E-state index contributed by atoms with van der Waals surface area (Å²) in [5, 5.41) is 6.12. The lowest BCUT2D eigenvalue weighted by atomic mass is 9.99. The lowest BCUT2D eigenvalue weighted by molar-refractivity contribution is -0.127. The van der Waals surface area contributed by atoms with Crippen LogP contribution in [-0.4, -0.2) is 65.1 Å². The summed E-state index contributed by atoms with van der Waals surface area (Å²) in [6.07, 6.45) is 1.04. The van der Waals surface area contributed by atoms with Crippen molar-refractivity contribution in [1.29, 1.82) is 0 Å². The van der Waals surface area contributed by atoms with Gasteiger partial charge in [-0.25, -0.2) is 13.2 Å². The van der Waals surface area contributed by atoms with Crippen molar-refractivity contribution in [3.8, 4) is 0 Å². The maximum Gasteiger partial charge on any atom is 0.337 e. The lowest BCUT2D eigenvalue weighted by Crippen LogP contribution is -2.39. The van der Waals surface area contributed by atoms with Crippen LogP contribution in [0.1, 0.15) is 21.5 Å². The topological polar surface area (TPSA) is 125 Å². The van der Waals surface area contributed by atoms with Gasteiger partial charge in [-0.05, 0) is 42.0 Å². The van der Waals surface area contributed by atoms with Gasteiger partial charge in [0, 0.05) is 25.3 Å². The molecule has 0 fully saturated rings. The third-order valence-corrected chi connectivity index (χ3v) is 7.24. The van der Waals surface area contributed by atoms with Crippen LogP contribution in [0.3, 0.4) is 0 Å². The maximum absolute atomic E-state index is 13.2. The summed E-state index contributed by atoms with van der Waals surface area (Å²) >= 11 is 0. The Balaban J connectivity index is 1.74. The number of anilines is 3.